The van der Waals surface area contributed by atoms with Crippen LogP contribution in [-0.2, 0) is 11.3 Å². The molecule has 1 heterocycles. The molecule has 0 atom stereocenters. The Morgan fingerprint density at radius 2 is 1.93 bits per heavy atom. The first-order valence-corrected chi connectivity index (χ1v) is 9.10. The van der Waals surface area contributed by atoms with Crippen LogP contribution < -0.4 is 10.9 Å². The summed E-state index contributed by atoms with van der Waals surface area (Å²) in [5, 5.41) is 3.95. The number of anilines is 1. The van der Waals surface area contributed by atoms with Gasteiger partial charge in [0.15, 0.2) is 0 Å². The molecular weight excluding hydrogens is 362 g/mol. The number of nitrogens with one attached hydrogen (secondary N) is 1. The van der Waals surface area contributed by atoms with Crippen molar-refractivity contribution >= 4 is 34.1 Å². The van der Waals surface area contributed by atoms with Gasteiger partial charge in [0.05, 0.1) is 17.4 Å². The number of hydrogen-bond donors (Lipinski definition) is 1. The van der Waals surface area contributed by atoms with Crippen molar-refractivity contribution in [1.29, 1.82) is 0 Å². The monoisotopic (exact) mass is 383 g/mol. The Hall–Kier alpha value is -2.66. The molecule has 0 aliphatic rings. The summed E-state index contributed by atoms with van der Waals surface area (Å²) in [7, 11) is 0. The first kappa shape index (κ1) is 19.1. The Morgan fingerprint density at radius 3 is 2.59 bits per heavy atom. The van der Waals surface area contributed by atoms with Crippen LogP contribution in [0.15, 0.2) is 47.3 Å². The quantitative estimate of drug-likeness (QED) is 0.729. The highest BCUT2D eigenvalue weighted by Crippen LogP contribution is 2.20. The summed E-state index contributed by atoms with van der Waals surface area (Å²) >= 11 is 6.05. The number of aryl methyl sites for hydroxylation is 1. The van der Waals surface area contributed by atoms with Crippen LogP contribution in [0.25, 0.3) is 10.9 Å². The Labute approximate surface area is 163 Å². The maximum absolute atomic E-state index is 13.1. The van der Waals surface area contributed by atoms with E-state index in [2.05, 4.69) is 10.3 Å². The van der Waals surface area contributed by atoms with Crippen LogP contribution in [0.3, 0.4) is 0 Å². The van der Waals surface area contributed by atoms with Crippen molar-refractivity contribution in [2.24, 2.45) is 5.41 Å². The Balaban J connectivity index is 2.03. The number of carbonyl (C=O) groups excluding carboxylic acids is 1. The molecule has 0 saturated carbocycles. The van der Waals surface area contributed by atoms with Gasteiger partial charge in [-0.25, -0.2) is 4.98 Å². The molecule has 0 bridgehead atoms. The van der Waals surface area contributed by atoms with Gasteiger partial charge in [0.25, 0.3) is 5.56 Å². The van der Waals surface area contributed by atoms with Gasteiger partial charge in [-0.1, -0.05) is 44.5 Å². The molecule has 0 spiro atoms. The van der Waals surface area contributed by atoms with E-state index in [9.17, 15) is 9.59 Å². The van der Waals surface area contributed by atoms with E-state index in [-0.39, 0.29) is 11.5 Å². The van der Waals surface area contributed by atoms with Gasteiger partial charge in [-0.15, -0.1) is 0 Å². The first-order chi connectivity index (χ1) is 12.6. The predicted octanol–water partition coefficient (Wildman–Crippen LogP) is 4.39. The van der Waals surface area contributed by atoms with E-state index in [0.717, 1.165) is 5.56 Å². The number of halogens is 1. The molecule has 0 aliphatic carbocycles. The van der Waals surface area contributed by atoms with E-state index in [1.807, 2.05) is 39.0 Å². The van der Waals surface area contributed by atoms with E-state index in [0.29, 0.717) is 34.0 Å². The van der Waals surface area contributed by atoms with Crippen molar-refractivity contribution in [3.63, 3.8) is 0 Å². The Kier molecular flexibility index (Phi) is 5.07. The highest BCUT2D eigenvalue weighted by atomic mass is 35.5. The molecular formula is C21H22ClN3O2. The molecule has 0 radical (unpaired) electrons. The topological polar surface area (TPSA) is 64.0 Å². The average molecular weight is 384 g/mol. The van der Waals surface area contributed by atoms with Gasteiger partial charge in [-0.3, -0.25) is 14.2 Å². The fraction of sp³-hybridized carbons (Fsp3) is 0.286. The number of hydrogen-bond acceptors (Lipinski definition) is 3. The highest BCUT2D eigenvalue weighted by Gasteiger charge is 2.21. The van der Waals surface area contributed by atoms with Crippen LogP contribution in [0.2, 0.25) is 5.02 Å². The van der Waals surface area contributed by atoms with Crippen LogP contribution in [0.5, 0.6) is 0 Å². The highest BCUT2D eigenvalue weighted by molar-refractivity contribution is 6.30. The summed E-state index contributed by atoms with van der Waals surface area (Å²) in [5.41, 5.74) is 1.44. The van der Waals surface area contributed by atoms with Gasteiger partial charge in [0.1, 0.15) is 5.82 Å². The van der Waals surface area contributed by atoms with Gasteiger partial charge < -0.3 is 5.32 Å². The lowest BCUT2D eigenvalue weighted by molar-refractivity contribution is -0.123. The number of benzene rings is 2. The molecule has 1 aromatic heterocycles. The SMILES string of the molecule is Cc1nc2ccc(NC(=O)C(C)(C)C)cc2c(=O)n1Cc1cccc(Cl)c1. The van der Waals surface area contributed by atoms with Crippen molar-refractivity contribution in [2.75, 3.05) is 5.32 Å². The maximum atomic E-state index is 13.1. The molecule has 140 valence electrons. The number of nitrogens with zero attached hydrogens (tertiary/aromatic N) is 2. The molecule has 5 nitrogen and oxygen atoms in total. The van der Waals surface area contributed by atoms with Crippen molar-refractivity contribution < 1.29 is 4.79 Å². The van der Waals surface area contributed by atoms with E-state index >= 15 is 0 Å². The van der Waals surface area contributed by atoms with Gasteiger partial charge in [-0.2, -0.15) is 0 Å². The van der Waals surface area contributed by atoms with Gasteiger partial charge in [0, 0.05) is 16.1 Å². The summed E-state index contributed by atoms with van der Waals surface area (Å²) in [6.45, 7) is 7.71. The Morgan fingerprint density at radius 1 is 1.19 bits per heavy atom. The molecule has 1 N–H and O–H groups in total. The molecule has 0 unspecified atom stereocenters. The number of aromatic nitrogens is 2. The maximum Gasteiger partial charge on any atom is 0.261 e. The normalized spacial score (nSPS) is 11.6. The first-order valence-electron chi connectivity index (χ1n) is 8.72. The largest absolute Gasteiger partial charge is 0.326 e. The van der Waals surface area contributed by atoms with Crippen LogP contribution >= 0.6 is 11.6 Å². The molecule has 0 fully saturated rings. The zero-order valence-corrected chi connectivity index (χ0v) is 16.6. The lowest BCUT2D eigenvalue weighted by Gasteiger charge is -2.18. The van der Waals surface area contributed by atoms with Crippen molar-refractivity contribution in [3.05, 3.63) is 69.2 Å². The fourth-order valence-electron chi connectivity index (χ4n) is 2.73. The van der Waals surface area contributed by atoms with Crippen LogP contribution in [0, 0.1) is 12.3 Å². The van der Waals surface area contributed by atoms with Gasteiger partial charge in [-0.05, 0) is 42.8 Å². The number of rotatable bonds is 3. The number of amides is 1. The minimum Gasteiger partial charge on any atom is -0.326 e. The van der Waals surface area contributed by atoms with E-state index in [1.54, 1.807) is 35.8 Å². The summed E-state index contributed by atoms with van der Waals surface area (Å²) < 4.78 is 1.61. The summed E-state index contributed by atoms with van der Waals surface area (Å²) in [5.74, 6) is 0.514. The zero-order chi connectivity index (χ0) is 19.8. The third-order valence-corrected chi connectivity index (χ3v) is 4.55. The second kappa shape index (κ2) is 7.16. The number of fused-ring (bicyclic) bond motifs is 1. The summed E-state index contributed by atoms with van der Waals surface area (Å²) in [6, 6.07) is 12.6. The standard InChI is InChI=1S/C21H22ClN3O2/c1-13-23-18-9-8-16(24-20(27)21(2,3)4)11-17(18)19(26)25(13)12-14-6-5-7-15(22)10-14/h5-11H,12H2,1-4H3,(H,24,27). The lowest BCUT2D eigenvalue weighted by Crippen LogP contribution is -2.28. The van der Waals surface area contributed by atoms with E-state index in [4.69, 9.17) is 11.6 Å². The van der Waals surface area contributed by atoms with Crippen molar-refractivity contribution in [1.82, 2.24) is 9.55 Å². The molecule has 27 heavy (non-hydrogen) atoms. The van der Waals surface area contributed by atoms with Gasteiger partial charge >= 0.3 is 0 Å². The minimum absolute atomic E-state index is 0.110. The zero-order valence-electron chi connectivity index (χ0n) is 15.8. The fourth-order valence-corrected chi connectivity index (χ4v) is 2.95. The molecule has 3 aromatic rings. The Bertz CT molecular complexity index is 1080. The molecule has 1 amide bonds. The molecule has 0 aliphatic heterocycles. The van der Waals surface area contributed by atoms with Crippen LogP contribution in [0.1, 0.15) is 32.2 Å². The third-order valence-electron chi connectivity index (χ3n) is 4.31. The smallest absolute Gasteiger partial charge is 0.261 e. The van der Waals surface area contributed by atoms with E-state index < -0.39 is 5.41 Å². The van der Waals surface area contributed by atoms with Crippen LogP contribution in [-0.4, -0.2) is 15.5 Å². The number of carbonyl (C=O) groups is 1. The van der Waals surface area contributed by atoms with Crippen molar-refractivity contribution in [2.45, 2.75) is 34.2 Å². The predicted molar refractivity (Wildman–Crippen MR) is 109 cm³/mol. The lowest BCUT2D eigenvalue weighted by atomic mass is 9.95. The van der Waals surface area contributed by atoms with Gasteiger partial charge in [0.2, 0.25) is 5.91 Å². The second-order valence-corrected chi connectivity index (χ2v) is 8.05. The third kappa shape index (κ3) is 4.19. The minimum atomic E-state index is -0.521. The second-order valence-electron chi connectivity index (χ2n) is 7.62. The average Bonchev–Trinajstić information content (AvgIpc) is 2.58. The molecule has 2 aromatic carbocycles. The van der Waals surface area contributed by atoms with Crippen LogP contribution in [0.4, 0.5) is 5.69 Å². The summed E-state index contributed by atoms with van der Waals surface area (Å²) in [6.07, 6.45) is 0. The molecule has 6 heteroatoms. The van der Waals surface area contributed by atoms with Crippen molar-refractivity contribution in [3.8, 4) is 0 Å². The van der Waals surface area contributed by atoms with E-state index in [1.165, 1.54) is 0 Å². The summed E-state index contributed by atoms with van der Waals surface area (Å²) in [4.78, 5) is 29.8. The molecule has 0 saturated heterocycles. The molecule has 3 rings (SSSR count).